The van der Waals surface area contributed by atoms with Crippen molar-refractivity contribution in [2.45, 2.75) is 57.6 Å². The SMILES string of the molecule is C[C@H]1CCc2ccccc2[C@@H]1NC(=O)CCC(=O)N1CCC(O)CC1. The van der Waals surface area contributed by atoms with E-state index >= 15 is 0 Å². The molecule has 0 unspecified atom stereocenters. The summed E-state index contributed by atoms with van der Waals surface area (Å²) in [6.45, 7) is 3.36. The van der Waals surface area contributed by atoms with Gasteiger partial charge in [0.2, 0.25) is 11.8 Å². The van der Waals surface area contributed by atoms with Gasteiger partial charge in [0.25, 0.3) is 0 Å². The van der Waals surface area contributed by atoms with Crippen LogP contribution in [0.5, 0.6) is 0 Å². The lowest BCUT2D eigenvalue weighted by Gasteiger charge is -2.32. The van der Waals surface area contributed by atoms with Gasteiger partial charge in [0.15, 0.2) is 0 Å². The van der Waals surface area contributed by atoms with Crippen molar-refractivity contribution >= 4 is 11.8 Å². The minimum Gasteiger partial charge on any atom is -0.393 e. The smallest absolute Gasteiger partial charge is 0.223 e. The van der Waals surface area contributed by atoms with Crippen LogP contribution in [0.25, 0.3) is 0 Å². The Morgan fingerprint density at radius 3 is 2.64 bits per heavy atom. The van der Waals surface area contributed by atoms with Crippen LogP contribution < -0.4 is 5.32 Å². The normalized spacial score (nSPS) is 23.8. The van der Waals surface area contributed by atoms with Gasteiger partial charge in [-0.05, 0) is 42.7 Å². The van der Waals surface area contributed by atoms with Crippen molar-refractivity contribution in [2.75, 3.05) is 13.1 Å². The van der Waals surface area contributed by atoms with E-state index in [0.29, 0.717) is 31.8 Å². The third-order valence-corrected chi connectivity index (χ3v) is 5.53. The number of carbonyl (C=O) groups excluding carboxylic acids is 2. The summed E-state index contributed by atoms with van der Waals surface area (Å²) in [5.74, 6) is 0.358. The van der Waals surface area contributed by atoms with E-state index in [9.17, 15) is 14.7 Å². The summed E-state index contributed by atoms with van der Waals surface area (Å²) in [6.07, 6.45) is 3.57. The lowest BCUT2D eigenvalue weighted by molar-refractivity contribution is -0.135. The molecule has 0 saturated carbocycles. The van der Waals surface area contributed by atoms with Crippen molar-refractivity contribution in [3.8, 4) is 0 Å². The van der Waals surface area contributed by atoms with E-state index < -0.39 is 0 Å². The second-order valence-electron chi connectivity index (χ2n) is 7.37. The number of benzene rings is 1. The van der Waals surface area contributed by atoms with Crippen LogP contribution in [0, 0.1) is 5.92 Å². The van der Waals surface area contributed by atoms with Crippen molar-refractivity contribution in [3.05, 3.63) is 35.4 Å². The highest BCUT2D eigenvalue weighted by Crippen LogP contribution is 2.34. The maximum absolute atomic E-state index is 12.4. The number of rotatable bonds is 4. The van der Waals surface area contributed by atoms with Crippen molar-refractivity contribution in [3.63, 3.8) is 0 Å². The number of hydrogen-bond donors (Lipinski definition) is 2. The molecule has 0 bridgehead atoms. The zero-order chi connectivity index (χ0) is 17.8. The number of nitrogens with zero attached hydrogens (tertiary/aromatic N) is 1. The number of carbonyl (C=O) groups is 2. The molecule has 5 heteroatoms. The van der Waals surface area contributed by atoms with Gasteiger partial charge in [-0.25, -0.2) is 0 Å². The second-order valence-corrected chi connectivity index (χ2v) is 7.37. The largest absolute Gasteiger partial charge is 0.393 e. The summed E-state index contributed by atoms with van der Waals surface area (Å²) in [7, 11) is 0. The van der Waals surface area contributed by atoms with Gasteiger partial charge in [0, 0.05) is 25.9 Å². The lowest BCUT2D eigenvalue weighted by Crippen LogP contribution is -2.41. The van der Waals surface area contributed by atoms with Crippen LogP contribution in [0.1, 0.15) is 56.2 Å². The van der Waals surface area contributed by atoms with Crippen LogP contribution in [-0.2, 0) is 16.0 Å². The first-order chi connectivity index (χ1) is 12.0. The van der Waals surface area contributed by atoms with E-state index in [1.165, 1.54) is 11.1 Å². The molecule has 2 amide bonds. The Bertz CT molecular complexity index is 623. The standard InChI is InChI=1S/C20H28N2O3/c1-14-6-7-15-4-2-3-5-17(15)20(14)21-18(24)8-9-19(25)22-12-10-16(23)11-13-22/h2-5,14,16,20,23H,6-13H2,1H3,(H,21,24)/t14-,20+/m0/s1. The van der Waals surface area contributed by atoms with Crippen LogP contribution in [-0.4, -0.2) is 41.0 Å². The number of nitrogens with one attached hydrogen (secondary N) is 1. The van der Waals surface area contributed by atoms with Crippen molar-refractivity contribution in [1.29, 1.82) is 0 Å². The van der Waals surface area contributed by atoms with Crippen molar-refractivity contribution < 1.29 is 14.7 Å². The molecule has 0 radical (unpaired) electrons. The minimum absolute atomic E-state index is 0.0131. The van der Waals surface area contributed by atoms with E-state index in [1.807, 2.05) is 12.1 Å². The van der Waals surface area contributed by atoms with Gasteiger partial charge in [-0.1, -0.05) is 31.2 Å². The first-order valence-electron chi connectivity index (χ1n) is 9.37. The Morgan fingerprint density at radius 1 is 1.16 bits per heavy atom. The topological polar surface area (TPSA) is 69.6 Å². The van der Waals surface area contributed by atoms with Gasteiger partial charge in [-0.15, -0.1) is 0 Å². The Balaban J connectivity index is 1.52. The average Bonchev–Trinajstić information content (AvgIpc) is 2.63. The number of piperidine rings is 1. The molecule has 1 aliphatic carbocycles. The van der Waals surface area contributed by atoms with Crippen LogP contribution in [0.15, 0.2) is 24.3 Å². The summed E-state index contributed by atoms with van der Waals surface area (Å²) in [5, 5.41) is 12.7. The fraction of sp³-hybridized carbons (Fsp3) is 0.600. The Labute approximate surface area is 149 Å². The van der Waals surface area contributed by atoms with E-state index in [2.05, 4.69) is 24.4 Å². The van der Waals surface area contributed by atoms with Crippen LogP contribution in [0.2, 0.25) is 0 Å². The number of likely N-dealkylation sites (tertiary alicyclic amines) is 1. The van der Waals surface area contributed by atoms with Gasteiger partial charge in [0.05, 0.1) is 12.1 Å². The molecule has 2 atom stereocenters. The molecule has 3 rings (SSSR count). The minimum atomic E-state index is -0.291. The summed E-state index contributed by atoms with van der Waals surface area (Å²) >= 11 is 0. The molecule has 1 fully saturated rings. The van der Waals surface area contributed by atoms with E-state index in [4.69, 9.17) is 0 Å². The van der Waals surface area contributed by atoms with E-state index in [1.54, 1.807) is 4.90 Å². The maximum Gasteiger partial charge on any atom is 0.223 e. The van der Waals surface area contributed by atoms with Gasteiger partial charge in [-0.2, -0.15) is 0 Å². The highest BCUT2D eigenvalue weighted by atomic mass is 16.3. The summed E-state index contributed by atoms with van der Waals surface area (Å²) in [4.78, 5) is 26.4. The third-order valence-electron chi connectivity index (χ3n) is 5.53. The average molecular weight is 344 g/mol. The van der Waals surface area contributed by atoms with E-state index in [0.717, 1.165) is 12.8 Å². The quantitative estimate of drug-likeness (QED) is 0.880. The lowest BCUT2D eigenvalue weighted by atomic mass is 9.80. The fourth-order valence-corrected chi connectivity index (χ4v) is 3.88. The van der Waals surface area contributed by atoms with Gasteiger partial charge in [-0.3, -0.25) is 9.59 Å². The molecule has 1 heterocycles. The zero-order valence-corrected chi connectivity index (χ0v) is 14.9. The summed E-state index contributed by atoms with van der Waals surface area (Å²) in [5.41, 5.74) is 2.53. The molecule has 1 aromatic carbocycles. The van der Waals surface area contributed by atoms with Gasteiger partial charge < -0.3 is 15.3 Å². The third kappa shape index (κ3) is 4.40. The van der Waals surface area contributed by atoms with Crippen LogP contribution in [0.3, 0.4) is 0 Å². The monoisotopic (exact) mass is 344 g/mol. The molecule has 25 heavy (non-hydrogen) atoms. The molecule has 2 N–H and O–H groups in total. The van der Waals surface area contributed by atoms with Crippen LogP contribution >= 0.6 is 0 Å². The summed E-state index contributed by atoms with van der Waals surface area (Å²) < 4.78 is 0. The molecule has 5 nitrogen and oxygen atoms in total. The molecule has 136 valence electrons. The predicted octanol–water partition coefficient (Wildman–Crippen LogP) is 2.19. The maximum atomic E-state index is 12.4. The number of aliphatic hydroxyl groups is 1. The molecule has 1 saturated heterocycles. The molecule has 1 aromatic rings. The predicted molar refractivity (Wildman–Crippen MR) is 95.9 cm³/mol. The van der Waals surface area contributed by atoms with Crippen molar-refractivity contribution in [1.82, 2.24) is 10.2 Å². The molecule has 2 aliphatic rings. The van der Waals surface area contributed by atoms with Crippen molar-refractivity contribution in [2.24, 2.45) is 5.92 Å². The Hall–Kier alpha value is -1.88. The highest BCUT2D eigenvalue weighted by molar-refractivity contribution is 5.84. The number of aliphatic hydroxyl groups excluding tert-OH is 1. The first-order valence-corrected chi connectivity index (χ1v) is 9.37. The Morgan fingerprint density at radius 2 is 1.88 bits per heavy atom. The molecule has 0 spiro atoms. The first kappa shape index (κ1) is 17.9. The molecular weight excluding hydrogens is 316 g/mol. The van der Waals surface area contributed by atoms with Gasteiger partial charge >= 0.3 is 0 Å². The zero-order valence-electron chi connectivity index (χ0n) is 14.9. The number of amides is 2. The summed E-state index contributed by atoms with van der Waals surface area (Å²) in [6, 6.07) is 8.33. The number of aryl methyl sites for hydroxylation is 1. The molecule has 0 aromatic heterocycles. The van der Waals surface area contributed by atoms with E-state index in [-0.39, 0.29) is 36.8 Å². The van der Waals surface area contributed by atoms with Crippen LogP contribution in [0.4, 0.5) is 0 Å². The number of fused-ring (bicyclic) bond motifs is 1. The Kier molecular flexibility index (Phi) is 5.74. The molecule has 1 aliphatic heterocycles. The molecular formula is C20H28N2O3. The second kappa shape index (κ2) is 8.00. The highest BCUT2D eigenvalue weighted by Gasteiger charge is 2.28. The van der Waals surface area contributed by atoms with Gasteiger partial charge in [0.1, 0.15) is 0 Å². The fourth-order valence-electron chi connectivity index (χ4n) is 3.88. The number of hydrogen-bond acceptors (Lipinski definition) is 3.